The lowest BCUT2D eigenvalue weighted by Gasteiger charge is -2.04. The molecule has 2 heteroatoms. The Balaban J connectivity index is 1.66. The maximum absolute atomic E-state index is 5.46. The highest BCUT2D eigenvalue weighted by Gasteiger charge is 2.21. The normalized spacial score (nSPS) is 20.4. The first-order valence-electron chi connectivity index (χ1n) is 5.98. The summed E-state index contributed by atoms with van der Waals surface area (Å²) in [7, 11) is 0. The predicted molar refractivity (Wildman–Crippen MR) is 58.5 cm³/mol. The number of hydrogen-bond acceptors (Lipinski definition) is 2. The average Bonchev–Trinajstić information content (AvgIpc) is 2.92. The lowest BCUT2D eigenvalue weighted by atomic mass is 10.0. The van der Waals surface area contributed by atoms with E-state index in [1.165, 1.54) is 32.1 Å². The van der Waals surface area contributed by atoms with Crippen LogP contribution >= 0.6 is 0 Å². The summed E-state index contributed by atoms with van der Waals surface area (Å²) in [5.41, 5.74) is 0. The van der Waals surface area contributed by atoms with Crippen molar-refractivity contribution in [3.05, 3.63) is 0 Å². The largest absolute Gasteiger partial charge is 0.379 e. The van der Waals surface area contributed by atoms with Gasteiger partial charge in [0.2, 0.25) is 0 Å². The van der Waals surface area contributed by atoms with E-state index in [1.807, 2.05) is 0 Å². The van der Waals surface area contributed by atoms with E-state index < -0.39 is 0 Å². The molecule has 0 spiro atoms. The zero-order chi connectivity index (χ0) is 10.2. The standard InChI is InChI=1S/C12H24O2/c1-11(2)7-5-3-4-6-8-13-9-12-10-14-12/h11-12H,3-10H2,1-2H3. The van der Waals surface area contributed by atoms with E-state index in [9.17, 15) is 0 Å². The van der Waals surface area contributed by atoms with E-state index in [-0.39, 0.29) is 0 Å². The van der Waals surface area contributed by atoms with Gasteiger partial charge >= 0.3 is 0 Å². The fourth-order valence-electron chi connectivity index (χ4n) is 1.49. The first-order chi connectivity index (χ1) is 6.79. The maximum atomic E-state index is 5.46. The average molecular weight is 200 g/mol. The Kier molecular flexibility index (Phi) is 6.20. The summed E-state index contributed by atoms with van der Waals surface area (Å²) in [6, 6.07) is 0. The molecule has 0 aromatic carbocycles. The van der Waals surface area contributed by atoms with Crippen molar-refractivity contribution in [2.24, 2.45) is 5.92 Å². The van der Waals surface area contributed by atoms with Crippen LogP contribution in [0.5, 0.6) is 0 Å². The van der Waals surface area contributed by atoms with Crippen LogP contribution in [0.15, 0.2) is 0 Å². The van der Waals surface area contributed by atoms with Gasteiger partial charge in [0.05, 0.1) is 13.2 Å². The van der Waals surface area contributed by atoms with Gasteiger partial charge in [-0.15, -0.1) is 0 Å². The third kappa shape index (κ3) is 7.34. The molecule has 1 aliphatic rings. The lowest BCUT2D eigenvalue weighted by Crippen LogP contribution is -2.02. The van der Waals surface area contributed by atoms with E-state index >= 15 is 0 Å². The van der Waals surface area contributed by atoms with Crippen molar-refractivity contribution in [2.45, 2.75) is 52.1 Å². The number of rotatable bonds is 9. The highest BCUT2D eigenvalue weighted by molar-refractivity contribution is 4.66. The Morgan fingerprint density at radius 1 is 1.21 bits per heavy atom. The molecule has 1 aliphatic heterocycles. The van der Waals surface area contributed by atoms with E-state index in [0.29, 0.717) is 6.10 Å². The summed E-state index contributed by atoms with van der Waals surface area (Å²) in [5, 5.41) is 0. The van der Waals surface area contributed by atoms with Crippen molar-refractivity contribution in [3.8, 4) is 0 Å². The summed E-state index contributed by atoms with van der Waals surface area (Å²) in [4.78, 5) is 0. The summed E-state index contributed by atoms with van der Waals surface area (Å²) < 4.78 is 10.5. The topological polar surface area (TPSA) is 21.8 Å². The van der Waals surface area contributed by atoms with Gasteiger partial charge in [-0.25, -0.2) is 0 Å². The Bertz CT molecular complexity index is 122. The van der Waals surface area contributed by atoms with Gasteiger partial charge < -0.3 is 9.47 Å². The van der Waals surface area contributed by atoms with Crippen molar-refractivity contribution in [1.29, 1.82) is 0 Å². The summed E-state index contributed by atoms with van der Waals surface area (Å²) in [6.45, 7) is 7.22. The van der Waals surface area contributed by atoms with Crippen LogP contribution in [0.4, 0.5) is 0 Å². The molecule has 0 radical (unpaired) electrons. The van der Waals surface area contributed by atoms with Gasteiger partial charge in [-0.05, 0) is 12.3 Å². The van der Waals surface area contributed by atoms with Crippen LogP contribution in [0.2, 0.25) is 0 Å². The summed E-state index contributed by atoms with van der Waals surface area (Å²) >= 11 is 0. The second-order valence-electron chi connectivity index (χ2n) is 4.63. The zero-order valence-corrected chi connectivity index (χ0v) is 9.63. The molecule has 0 saturated carbocycles. The van der Waals surface area contributed by atoms with Gasteiger partial charge in [-0.3, -0.25) is 0 Å². The van der Waals surface area contributed by atoms with Gasteiger partial charge in [0, 0.05) is 6.61 Å². The van der Waals surface area contributed by atoms with E-state index in [1.54, 1.807) is 0 Å². The van der Waals surface area contributed by atoms with Crippen molar-refractivity contribution in [3.63, 3.8) is 0 Å². The molecular formula is C12H24O2. The third-order valence-corrected chi connectivity index (χ3v) is 2.53. The van der Waals surface area contributed by atoms with Crippen LogP contribution in [0.25, 0.3) is 0 Å². The van der Waals surface area contributed by atoms with Crippen LogP contribution in [0.3, 0.4) is 0 Å². The predicted octanol–water partition coefficient (Wildman–Crippen LogP) is 3.01. The molecule has 1 unspecified atom stereocenters. The Morgan fingerprint density at radius 2 is 1.93 bits per heavy atom. The second-order valence-corrected chi connectivity index (χ2v) is 4.63. The van der Waals surface area contributed by atoms with E-state index in [0.717, 1.165) is 25.7 Å². The van der Waals surface area contributed by atoms with Gasteiger partial charge in [-0.2, -0.15) is 0 Å². The lowest BCUT2D eigenvalue weighted by molar-refractivity contribution is 0.113. The Morgan fingerprint density at radius 3 is 2.57 bits per heavy atom. The minimum atomic E-state index is 0.427. The van der Waals surface area contributed by atoms with Gasteiger partial charge in [-0.1, -0.05) is 39.5 Å². The molecule has 0 amide bonds. The van der Waals surface area contributed by atoms with Crippen LogP contribution < -0.4 is 0 Å². The quantitative estimate of drug-likeness (QED) is 0.421. The van der Waals surface area contributed by atoms with Crippen molar-refractivity contribution in [2.75, 3.05) is 19.8 Å². The smallest absolute Gasteiger partial charge is 0.104 e. The number of unbranched alkanes of at least 4 members (excludes halogenated alkanes) is 3. The van der Waals surface area contributed by atoms with Crippen molar-refractivity contribution in [1.82, 2.24) is 0 Å². The van der Waals surface area contributed by atoms with Gasteiger partial charge in [0.15, 0.2) is 0 Å². The first-order valence-corrected chi connectivity index (χ1v) is 5.98. The highest BCUT2D eigenvalue weighted by atomic mass is 16.6. The van der Waals surface area contributed by atoms with Gasteiger partial charge in [0.25, 0.3) is 0 Å². The van der Waals surface area contributed by atoms with Crippen LogP contribution in [-0.4, -0.2) is 25.9 Å². The molecule has 0 aliphatic carbocycles. The first kappa shape index (κ1) is 12.0. The number of hydrogen-bond donors (Lipinski definition) is 0. The SMILES string of the molecule is CC(C)CCCCCCOCC1CO1. The molecule has 0 bridgehead atoms. The molecule has 0 N–H and O–H groups in total. The monoisotopic (exact) mass is 200 g/mol. The van der Waals surface area contributed by atoms with Crippen molar-refractivity contribution >= 4 is 0 Å². The molecular weight excluding hydrogens is 176 g/mol. The van der Waals surface area contributed by atoms with Crippen LogP contribution in [0.1, 0.15) is 46.0 Å². The second kappa shape index (κ2) is 7.24. The minimum absolute atomic E-state index is 0.427. The minimum Gasteiger partial charge on any atom is -0.379 e. The molecule has 1 heterocycles. The summed E-state index contributed by atoms with van der Waals surface area (Å²) in [5.74, 6) is 0.860. The molecule has 1 fully saturated rings. The number of epoxide rings is 1. The molecule has 1 rings (SSSR count). The van der Waals surface area contributed by atoms with E-state index in [4.69, 9.17) is 9.47 Å². The molecule has 1 atom stereocenters. The molecule has 14 heavy (non-hydrogen) atoms. The Hall–Kier alpha value is -0.0800. The third-order valence-electron chi connectivity index (χ3n) is 2.53. The maximum Gasteiger partial charge on any atom is 0.104 e. The summed E-state index contributed by atoms with van der Waals surface area (Å²) in [6.07, 6.45) is 7.07. The molecule has 0 aromatic heterocycles. The van der Waals surface area contributed by atoms with Crippen LogP contribution in [-0.2, 0) is 9.47 Å². The molecule has 2 nitrogen and oxygen atoms in total. The van der Waals surface area contributed by atoms with Crippen molar-refractivity contribution < 1.29 is 9.47 Å². The fraction of sp³-hybridized carbons (Fsp3) is 1.00. The zero-order valence-electron chi connectivity index (χ0n) is 9.63. The highest BCUT2D eigenvalue weighted by Crippen LogP contribution is 2.11. The molecule has 84 valence electrons. The molecule has 0 aromatic rings. The Labute approximate surface area is 88.0 Å². The van der Waals surface area contributed by atoms with Gasteiger partial charge in [0.1, 0.15) is 6.10 Å². The fourth-order valence-corrected chi connectivity index (χ4v) is 1.49. The number of ether oxygens (including phenoxy) is 2. The molecule has 1 saturated heterocycles. The van der Waals surface area contributed by atoms with E-state index in [2.05, 4.69) is 13.8 Å². The van der Waals surface area contributed by atoms with Crippen LogP contribution in [0, 0.1) is 5.92 Å².